The molecule has 1 aliphatic heterocycles. The number of rotatable bonds is 3. The van der Waals surface area contributed by atoms with Crippen molar-refractivity contribution in [3.05, 3.63) is 21.9 Å². The average molecular weight is 338 g/mol. The van der Waals surface area contributed by atoms with Gasteiger partial charge in [0.1, 0.15) is 0 Å². The first kappa shape index (κ1) is 15.6. The Balaban J connectivity index is 1.74. The first-order valence-electron chi connectivity index (χ1n) is 7.41. The first-order valence-corrected chi connectivity index (χ1v) is 9.27. The van der Waals surface area contributed by atoms with Crippen molar-refractivity contribution in [2.45, 2.75) is 44.7 Å². The lowest BCUT2D eigenvalue weighted by Gasteiger charge is -2.36. The lowest BCUT2D eigenvalue weighted by Crippen LogP contribution is -2.54. The first-order chi connectivity index (χ1) is 10.6. The summed E-state index contributed by atoms with van der Waals surface area (Å²) in [6, 6.07) is 1.52. The fraction of sp³-hybridized carbons (Fsp3) is 0.533. The molecule has 0 spiro atoms. The molecule has 2 aliphatic rings. The molecule has 0 radical (unpaired) electrons. The SMILES string of the molecule is Cc1csc(C(=O)NC2CCCCC2N2C(=O)CSC2=O)c1. The molecule has 0 bridgehead atoms. The van der Waals surface area contributed by atoms with Crippen molar-refractivity contribution in [1.29, 1.82) is 0 Å². The highest BCUT2D eigenvalue weighted by Crippen LogP contribution is 2.30. The smallest absolute Gasteiger partial charge is 0.289 e. The largest absolute Gasteiger partial charge is 0.347 e. The Bertz CT molecular complexity index is 598. The Kier molecular flexibility index (Phi) is 4.54. The van der Waals surface area contributed by atoms with E-state index in [1.54, 1.807) is 0 Å². The van der Waals surface area contributed by atoms with E-state index in [9.17, 15) is 14.4 Å². The minimum Gasteiger partial charge on any atom is -0.347 e. The fourth-order valence-corrected chi connectivity index (χ4v) is 4.63. The second kappa shape index (κ2) is 6.42. The van der Waals surface area contributed by atoms with Crippen LogP contribution in [0.4, 0.5) is 4.79 Å². The molecule has 2 unspecified atom stereocenters. The quantitative estimate of drug-likeness (QED) is 0.920. The van der Waals surface area contributed by atoms with Gasteiger partial charge in [-0.1, -0.05) is 24.6 Å². The highest BCUT2D eigenvalue weighted by atomic mass is 32.2. The summed E-state index contributed by atoms with van der Waals surface area (Å²) in [5.74, 6) is -0.0185. The molecular formula is C15H18N2O3S2. The number of hydrogen-bond donors (Lipinski definition) is 1. The molecule has 2 fully saturated rings. The van der Waals surface area contributed by atoms with Crippen molar-refractivity contribution in [2.24, 2.45) is 0 Å². The molecule has 7 heteroatoms. The van der Waals surface area contributed by atoms with Crippen LogP contribution in [0.5, 0.6) is 0 Å². The van der Waals surface area contributed by atoms with E-state index < -0.39 is 0 Å². The van der Waals surface area contributed by atoms with Gasteiger partial charge >= 0.3 is 0 Å². The number of nitrogens with zero attached hydrogens (tertiary/aromatic N) is 1. The summed E-state index contributed by atoms with van der Waals surface area (Å²) in [5.41, 5.74) is 1.07. The second-order valence-electron chi connectivity index (χ2n) is 5.74. The van der Waals surface area contributed by atoms with E-state index in [1.807, 2.05) is 18.4 Å². The summed E-state index contributed by atoms with van der Waals surface area (Å²) < 4.78 is 0. The number of thioether (sulfide) groups is 1. The molecule has 2 heterocycles. The summed E-state index contributed by atoms with van der Waals surface area (Å²) in [5, 5.41) is 4.80. The van der Waals surface area contributed by atoms with E-state index >= 15 is 0 Å². The van der Waals surface area contributed by atoms with Gasteiger partial charge in [-0.2, -0.15) is 0 Å². The van der Waals surface area contributed by atoms with E-state index in [4.69, 9.17) is 0 Å². The molecule has 3 rings (SSSR count). The van der Waals surface area contributed by atoms with Gasteiger partial charge in [0, 0.05) is 0 Å². The standard InChI is InChI=1S/C15H18N2O3S2/c1-9-6-12(21-7-9)14(19)16-10-4-2-3-5-11(10)17-13(18)8-22-15(17)20/h6-7,10-11H,2-5,8H2,1H3,(H,16,19). The van der Waals surface area contributed by atoms with Gasteiger partial charge in [0.2, 0.25) is 5.91 Å². The van der Waals surface area contributed by atoms with Gasteiger partial charge in [-0.25, -0.2) is 0 Å². The van der Waals surface area contributed by atoms with Crippen molar-refractivity contribution in [3.8, 4) is 0 Å². The van der Waals surface area contributed by atoms with E-state index in [-0.39, 0.29) is 34.9 Å². The summed E-state index contributed by atoms with van der Waals surface area (Å²) in [6.45, 7) is 1.95. The zero-order valence-corrected chi connectivity index (χ0v) is 14.0. The van der Waals surface area contributed by atoms with Crippen LogP contribution in [0.3, 0.4) is 0 Å². The monoisotopic (exact) mass is 338 g/mol. The molecule has 2 atom stereocenters. The van der Waals surface area contributed by atoms with E-state index in [1.165, 1.54) is 16.2 Å². The van der Waals surface area contributed by atoms with Crippen molar-refractivity contribution >= 4 is 40.2 Å². The fourth-order valence-electron chi connectivity index (χ4n) is 3.06. The normalized spacial score (nSPS) is 25.6. The van der Waals surface area contributed by atoms with Gasteiger partial charge in [0.05, 0.1) is 22.7 Å². The Hall–Kier alpha value is -1.34. The number of carbonyl (C=O) groups excluding carboxylic acids is 3. The number of thiophene rings is 1. The maximum absolute atomic E-state index is 12.4. The van der Waals surface area contributed by atoms with Crippen LogP contribution in [0.1, 0.15) is 40.9 Å². The minimum atomic E-state index is -0.200. The molecule has 22 heavy (non-hydrogen) atoms. The van der Waals surface area contributed by atoms with Gasteiger partial charge in [-0.15, -0.1) is 11.3 Å². The van der Waals surface area contributed by atoms with Gasteiger partial charge in [0.15, 0.2) is 0 Å². The van der Waals surface area contributed by atoms with Crippen molar-refractivity contribution in [3.63, 3.8) is 0 Å². The molecule has 1 aromatic rings. The van der Waals surface area contributed by atoms with Gasteiger partial charge in [-0.05, 0) is 36.8 Å². The van der Waals surface area contributed by atoms with E-state index in [0.29, 0.717) is 4.88 Å². The van der Waals surface area contributed by atoms with Crippen LogP contribution >= 0.6 is 23.1 Å². The number of amides is 3. The minimum absolute atomic E-state index is 0.109. The molecule has 118 valence electrons. The molecule has 0 aromatic carbocycles. The summed E-state index contributed by atoms with van der Waals surface area (Å²) in [7, 11) is 0. The highest BCUT2D eigenvalue weighted by Gasteiger charge is 2.41. The molecule has 1 aromatic heterocycles. The maximum atomic E-state index is 12.4. The highest BCUT2D eigenvalue weighted by molar-refractivity contribution is 8.14. The molecule has 5 nitrogen and oxygen atoms in total. The van der Waals surface area contributed by atoms with E-state index in [2.05, 4.69) is 5.32 Å². The van der Waals surface area contributed by atoms with Crippen LogP contribution in [0.25, 0.3) is 0 Å². The third kappa shape index (κ3) is 3.05. The second-order valence-corrected chi connectivity index (χ2v) is 7.58. The molecule has 1 aliphatic carbocycles. The zero-order chi connectivity index (χ0) is 15.7. The van der Waals surface area contributed by atoms with Crippen LogP contribution in [0.15, 0.2) is 11.4 Å². The van der Waals surface area contributed by atoms with Crippen LogP contribution in [0.2, 0.25) is 0 Å². The topological polar surface area (TPSA) is 66.5 Å². The third-order valence-corrected chi connectivity index (χ3v) is 6.00. The third-order valence-electron chi connectivity index (χ3n) is 4.12. The number of imide groups is 1. The Morgan fingerprint density at radius 2 is 2.09 bits per heavy atom. The Morgan fingerprint density at radius 3 is 2.73 bits per heavy atom. The number of nitrogens with one attached hydrogen (secondary N) is 1. The van der Waals surface area contributed by atoms with Crippen molar-refractivity contribution < 1.29 is 14.4 Å². The van der Waals surface area contributed by atoms with Crippen LogP contribution in [0, 0.1) is 6.92 Å². The average Bonchev–Trinajstić information content (AvgIpc) is 3.06. The van der Waals surface area contributed by atoms with E-state index in [0.717, 1.165) is 43.0 Å². The van der Waals surface area contributed by atoms with Crippen LogP contribution < -0.4 is 5.32 Å². The van der Waals surface area contributed by atoms with Gasteiger partial charge in [-0.3, -0.25) is 19.3 Å². The zero-order valence-electron chi connectivity index (χ0n) is 12.3. The number of carbonyl (C=O) groups is 3. The Morgan fingerprint density at radius 1 is 1.32 bits per heavy atom. The molecule has 1 N–H and O–H groups in total. The predicted molar refractivity (Wildman–Crippen MR) is 87.3 cm³/mol. The van der Waals surface area contributed by atoms with Gasteiger partial charge < -0.3 is 5.32 Å². The summed E-state index contributed by atoms with van der Waals surface area (Å²) >= 11 is 2.47. The molecule has 1 saturated heterocycles. The van der Waals surface area contributed by atoms with Crippen LogP contribution in [-0.4, -0.2) is 39.8 Å². The van der Waals surface area contributed by atoms with Crippen molar-refractivity contribution in [1.82, 2.24) is 10.2 Å². The summed E-state index contributed by atoms with van der Waals surface area (Å²) in [6.07, 6.45) is 3.57. The molecular weight excluding hydrogens is 320 g/mol. The lowest BCUT2D eigenvalue weighted by molar-refractivity contribution is -0.127. The number of hydrogen-bond acceptors (Lipinski definition) is 5. The summed E-state index contributed by atoms with van der Waals surface area (Å²) in [4.78, 5) is 38.3. The van der Waals surface area contributed by atoms with Crippen molar-refractivity contribution in [2.75, 3.05) is 5.75 Å². The molecule has 1 saturated carbocycles. The number of aryl methyl sites for hydroxylation is 1. The Labute approximate surface area is 137 Å². The molecule has 3 amide bonds. The van der Waals surface area contributed by atoms with Gasteiger partial charge in [0.25, 0.3) is 11.1 Å². The van der Waals surface area contributed by atoms with Crippen LogP contribution in [-0.2, 0) is 4.79 Å². The lowest BCUT2D eigenvalue weighted by atomic mass is 9.89. The predicted octanol–water partition coefficient (Wildman–Crippen LogP) is 2.79. The maximum Gasteiger partial charge on any atom is 0.289 e.